The number of nitrogens with zero attached hydrogens (tertiary/aromatic N) is 1. The van der Waals surface area contributed by atoms with Crippen molar-refractivity contribution in [1.82, 2.24) is 5.16 Å². The number of carbonyl (C=O) groups is 1. The summed E-state index contributed by atoms with van der Waals surface area (Å²) < 4.78 is 15.0. The van der Waals surface area contributed by atoms with E-state index in [2.05, 4.69) is 15.8 Å². The van der Waals surface area contributed by atoms with Crippen LogP contribution in [0, 0.1) is 0 Å². The van der Waals surface area contributed by atoms with Crippen LogP contribution in [0.2, 0.25) is 0 Å². The normalized spacial score (nSPS) is 9.79. The number of hydrogen-bond acceptors (Lipinski definition) is 5. The molecule has 2 aromatic rings. The molecule has 1 aromatic heterocycles. The third-order valence-electron chi connectivity index (χ3n) is 2.32. The maximum Gasteiger partial charge on any atom is 0.326 e. The first kappa shape index (κ1) is 12.7. The largest absolute Gasteiger partial charge is 0.493 e. The van der Waals surface area contributed by atoms with Gasteiger partial charge in [0.25, 0.3) is 0 Å². The van der Waals surface area contributed by atoms with Crippen LogP contribution in [0.15, 0.2) is 35.0 Å². The molecule has 1 aromatic carbocycles. The Morgan fingerprint density at radius 2 is 1.95 bits per heavy atom. The lowest BCUT2D eigenvalue weighted by atomic mass is 10.3. The van der Waals surface area contributed by atoms with Crippen molar-refractivity contribution >= 4 is 17.6 Å². The fraction of sp³-hybridized carbons (Fsp3) is 0.167. The third-order valence-corrected chi connectivity index (χ3v) is 2.32. The Morgan fingerprint density at radius 3 is 2.58 bits per heavy atom. The van der Waals surface area contributed by atoms with Crippen LogP contribution >= 0.6 is 0 Å². The molecular formula is C12H13N3O4. The van der Waals surface area contributed by atoms with E-state index in [1.807, 2.05) is 0 Å². The number of benzene rings is 1. The van der Waals surface area contributed by atoms with Crippen LogP contribution in [-0.4, -0.2) is 25.4 Å². The van der Waals surface area contributed by atoms with Gasteiger partial charge in [0.1, 0.15) is 0 Å². The van der Waals surface area contributed by atoms with Crippen molar-refractivity contribution in [1.29, 1.82) is 0 Å². The molecule has 0 aliphatic rings. The molecular weight excluding hydrogens is 250 g/mol. The topological polar surface area (TPSA) is 85.6 Å². The zero-order chi connectivity index (χ0) is 13.7. The molecule has 2 rings (SSSR count). The first-order valence-electron chi connectivity index (χ1n) is 5.43. The molecule has 1 heterocycles. The van der Waals surface area contributed by atoms with Gasteiger partial charge in [0.05, 0.1) is 20.4 Å². The van der Waals surface area contributed by atoms with Gasteiger partial charge in [-0.25, -0.2) is 4.79 Å². The summed E-state index contributed by atoms with van der Waals surface area (Å²) in [7, 11) is 3.07. The van der Waals surface area contributed by atoms with Crippen LogP contribution < -0.4 is 20.1 Å². The van der Waals surface area contributed by atoms with E-state index in [1.54, 1.807) is 25.3 Å². The lowest BCUT2D eigenvalue weighted by Crippen LogP contribution is -2.19. The SMILES string of the molecule is COc1ccc(NC(=O)Nc2ccno2)cc1OC. The number of methoxy groups -OCH3 is 2. The highest BCUT2D eigenvalue weighted by Crippen LogP contribution is 2.29. The van der Waals surface area contributed by atoms with Gasteiger partial charge in [-0.15, -0.1) is 0 Å². The van der Waals surface area contributed by atoms with Crippen LogP contribution in [0.25, 0.3) is 0 Å². The van der Waals surface area contributed by atoms with Crippen molar-refractivity contribution in [2.45, 2.75) is 0 Å². The molecule has 0 unspecified atom stereocenters. The van der Waals surface area contributed by atoms with Crippen molar-refractivity contribution in [2.75, 3.05) is 24.9 Å². The predicted molar refractivity (Wildman–Crippen MR) is 68.7 cm³/mol. The Bertz CT molecular complexity index is 554. The number of amides is 2. The zero-order valence-corrected chi connectivity index (χ0v) is 10.5. The molecule has 7 nitrogen and oxygen atoms in total. The van der Waals surface area contributed by atoms with Gasteiger partial charge in [-0.2, -0.15) is 0 Å². The number of hydrogen-bond donors (Lipinski definition) is 2. The number of anilines is 2. The second kappa shape index (κ2) is 5.76. The first-order valence-corrected chi connectivity index (χ1v) is 5.43. The van der Waals surface area contributed by atoms with E-state index in [-0.39, 0.29) is 5.88 Å². The lowest BCUT2D eigenvalue weighted by molar-refractivity contribution is 0.261. The van der Waals surface area contributed by atoms with Gasteiger partial charge in [0, 0.05) is 17.8 Å². The summed E-state index contributed by atoms with van der Waals surface area (Å²) in [5.41, 5.74) is 0.565. The Labute approximate surface area is 109 Å². The van der Waals surface area contributed by atoms with Crippen molar-refractivity contribution in [3.63, 3.8) is 0 Å². The Balaban J connectivity index is 2.04. The molecule has 0 saturated heterocycles. The van der Waals surface area contributed by atoms with Gasteiger partial charge >= 0.3 is 6.03 Å². The summed E-state index contributed by atoms with van der Waals surface area (Å²) in [6.07, 6.45) is 1.44. The average Bonchev–Trinajstić information content (AvgIpc) is 2.91. The minimum absolute atomic E-state index is 0.262. The molecule has 2 amide bonds. The zero-order valence-electron chi connectivity index (χ0n) is 10.5. The van der Waals surface area contributed by atoms with Crippen LogP contribution in [0.5, 0.6) is 11.5 Å². The van der Waals surface area contributed by atoms with E-state index in [4.69, 9.17) is 14.0 Å². The molecule has 0 aliphatic heterocycles. The maximum absolute atomic E-state index is 11.7. The molecule has 0 radical (unpaired) electrons. The number of carbonyl (C=O) groups excluding carboxylic acids is 1. The highest BCUT2D eigenvalue weighted by molar-refractivity contribution is 5.99. The lowest BCUT2D eigenvalue weighted by Gasteiger charge is -2.10. The molecule has 2 N–H and O–H groups in total. The molecule has 0 saturated carbocycles. The molecule has 19 heavy (non-hydrogen) atoms. The predicted octanol–water partition coefficient (Wildman–Crippen LogP) is 2.34. The Kier molecular flexibility index (Phi) is 3.87. The van der Waals surface area contributed by atoms with Gasteiger partial charge in [0.2, 0.25) is 5.88 Å². The van der Waals surface area contributed by atoms with Crippen molar-refractivity contribution < 1.29 is 18.8 Å². The van der Waals surface area contributed by atoms with E-state index in [9.17, 15) is 4.79 Å². The molecule has 0 bridgehead atoms. The summed E-state index contributed by atoms with van der Waals surface area (Å²) in [6.45, 7) is 0. The summed E-state index contributed by atoms with van der Waals surface area (Å²) >= 11 is 0. The molecule has 0 fully saturated rings. The van der Waals surface area contributed by atoms with E-state index in [0.29, 0.717) is 17.2 Å². The van der Waals surface area contributed by atoms with Crippen LogP contribution in [0.1, 0.15) is 0 Å². The standard InChI is InChI=1S/C12H13N3O4/c1-17-9-4-3-8(7-10(9)18-2)14-12(16)15-11-5-6-13-19-11/h3-7H,1-2H3,(H2,14,15,16). The Morgan fingerprint density at radius 1 is 1.16 bits per heavy atom. The molecule has 0 atom stereocenters. The smallest absolute Gasteiger partial charge is 0.326 e. The second-order valence-electron chi connectivity index (χ2n) is 3.53. The van der Waals surface area contributed by atoms with E-state index in [0.717, 1.165) is 0 Å². The van der Waals surface area contributed by atoms with Crippen molar-refractivity contribution in [3.8, 4) is 11.5 Å². The van der Waals surface area contributed by atoms with E-state index >= 15 is 0 Å². The monoisotopic (exact) mass is 263 g/mol. The minimum Gasteiger partial charge on any atom is -0.493 e. The van der Waals surface area contributed by atoms with Crippen molar-refractivity contribution in [2.24, 2.45) is 0 Å². The number of aromatic nitrogens is 1. The summed E-state index contributed by atoms with van der Waals surface area (Å²) in [5.74, 6) is 1.38. The molecule has 0 aliphatic carbocycles. The van der Waals surface area contributed by atoms with Crippen LogP contribution in [0.4, 0.5) is 16.4 Å². The molecule has 100 valence electrons. The number of nitrogens with one attached hydrogen (secondary N) is 2. The van der Waals surface area contributed by atoms with E-state index in [1.165, 1.54) is 19.4 Å². The third kappa shape index (κ3) is 3.15. The maximum atomic E-state index is 11.7. The number of ether oxygens (including phenoxy) is 2. The number of rotatable bonds is 4. The van der Waals surface area contributed by atoms with Gasteiger partial charge in [-0.3, -0.25) is 5.32 Å². The fourth-order valence-electron chi connectivity index (χ4n) is 1.47. The minimum atomic E-state index is -0.441. The second-order valence-corrected chi connectivity index (χ2v) is 3.53. The van der Waals surface area contributed by atoms with Gasteiger partial charge in [-0.05, 0) is 12.1 Å². The quantitative estimate of drug-likeness (QED) is 0.884. The van der Waals surface area contributed by atoms with Crippen LogP contribution in [-0.2, 0) is 0 Å². The first-order chi connectivity index (χ1) is 9.22. The van der Waals surface area contributed by atoms with E-state index < -0.39 is 6.03 Å². The highest BCUT2D eigenvalue weighted by atomic mass is 16.5. The fourth-order valence-corrected chi connectivity index (χ4v) is 1.47. The Hall–Kier alpha value is -2.70. The van der Waals surface area contributed by atoms with Gasteiger partial charge in [-0.1, -0.05) is 5.16 Å². The van der Waals surface area contributed by atoms with Gasteiger partial charge < -0.3 is 19.3 Å². The summed E-state index contributed by atoms with van der Waals surface area (Å²) in [6, 6.07) is 6.14. The summed E-state index contributed by atoms with van der Waals surface area (Å²) in [5, 5.41) is 8.60. The number of urea groups is 1. The summed E-state index contributed by atoms with van der Waals surface area (Å²) in [4.78, 5) is 11.7. The highest BCUT2D eigenvalue weighted by Gasteiger charge is 2.08. The molecule has 0 spiro atoms. The van der Waals surface area contributed by atoms with Crippen LogP contribution in [0.3, 0.4) is 0 Å². The van der Waals surface area contributed by atoms with Gasteiger partial charge in [0.15, 0.2) is 11.5 Å². The van der Waals surface area contributed by atoms with Crippen molar-refractivity contribution in [3.05, 3.63) is 30.5 Å². The average molecular weight is 263 g/mol. The molecule has 7 heteroatoms.